The molecular weight excluding hydrogens is 246 g/mol. The number of likely N-dealkylation sites (tertiary alicyclic amines) is 1. The lowest BCUT2D eigenvalue weighted by molar-refractivity contribution is -0.00220. The summed E-state index contributed by atoms with van der Waals surface area (Å²) in [7, 11) is 0. The van der Waals surface area contributed by atoms with Crippen molar-refractivity contribution in [1.29, 1.82) is 0 Å². The van der Waals surface area contributed by atoms with E-state index in [-0.39, 0.29) is 11.9 Å². The highest BCUT2D eigenvalue weighted by Gasteiger charge is 2.30. The van der Waals surface area contributed by atoms with Gasteiger partial charge >= 0.3 is 0 Å². The van der Waals surface area contributed by atoms with Gasteiger partial charge < -0.3 is 10.0 Å². The van der Waals surface area contributed by atoms with Gasteiger partial charge in [0.15, 0.2) is 0 Å². The fraction of sp³-hybridized carbons (Fsp3) is 0.583. The van der Waals surface area contributed by atoms with Crippen LogP contribution in [-0.2, 0) is 0 Å². The number of anilines is 1. The van der Waals surface area contributed by atoms with Gasteiger partial charge in [-0.2, -0.15) is 0 Å². The fourth-order valence-corrected chi connectivity index (χ4v) is 2.10. The number of nitrogen functional groups attached to an aromatic ring is 1. The predicted octanol–water partition coefficient (Wildman–Crippen LogP) is 0.0576. The first-order valence-electron chi connectivity index (χ1n) is 6.25. The van der Waals surface area contributed by atoms with E-state index in [1.165, 1.54) is 0 Å². The van der Waals surface area contributed by atoms with Crippen molar-refractivity contribution in [3.05, 3.63) is 17.5 Å². The summed E-state index contributed by atoms with van der Waals surface area (Å²) in [5.41, 5.74) is 2.67. The lowest BCUT2D eigenvalue weighted by atomic mass is 9.94. The normalized spacial score (nSPS) is 18.2. The topological polar surface area (TPSA) is 104 Å². The lowest BCUT2D eigenvalue weighted by Crippen LogP contribution is -2.45. The molecule has 1 amide bonds. The van der Waals surface area contributed by atoms with E-state index in [9.17, 15) is 9.90 Å². The van der Waals surface area contributed by atoms with Crippen LogP contribution in [0, 0.1) is 6.92 Å². The minimum atomic E-state index is -0.678. The van der Waals surface area contributed by atoms with Gasteiger partial charge in [0.05, 0.1) is 5.60 Å². The second-order valence-corrected chi connectivity index (χ2v) is 5.15. The SMILES string of the molecule is Cc1cc(C(=O)N2CCC(C)(O)CC2)nc(NN)n1. The summed E-state index contributed by atoms with van der Waals surface area (Å²) in [6.07, 6.45) is 1.15. The molecular formula is C12H19N5O2. The van der Waals surface area contributed by atoms with E-state index in [1.54, 1.807) is 24.8 Å². The molecule has 1 aromatic rings. The van der Waals surface area contributed by atoms with E-state index in [2.05, 4.69) is 15.4 Å². The molecule has 0 saturated carbocycles. The van der Waals surface area contributed by atoms with Crippen LogP contribution in [0.1, 0.15) is 35.9 Å². The number of aliphatic hydroxyl groups is 1. The number of nitrogens with one attached hydrogen (secondary N) is 1. The van der Waals surface area contributed by atoms with E-state index in [0.717, 1.165) is 0 Å². The Morgan fingerprint density at radius 2 is 2.11 bits per heavy atom. The van der Waals surface area contributed by atoms with Gasteiger partial charge in [-0.1, -0.05) is 0 Å². The number of hydrogen-bond donors (Lipinski definition) is 3. The first-order valence-corrected chi connectivity index (χ1v) is 6.25. The Kier molecular flexibility index (Phi) is 3.68. The highest BCUT2D eigenvalue weighted by Crippen LogP contribution is 2.22. The van der Waals surface area contributed by atoms with Crippen LogP contribution in [0.15, 0.2) is 6.07 Å². The summed E-state index contributed by atoms with van der Waals surface area (Å²) in [6.45, 7) is 4.63. The molecule has 0 aliphatic carbocycles. The Morgan fingerprint density at radius 3 is 2.68 bits per heavy atom. The summed E-state index contributed by atoms with van der Waals surface area (Å²) >= 11 is 0. The Bertz CT molecular complexity index is 479. The first kappa shape index (κ1) is 13.7. The zero-order valence-electron chi connectivity index (χ0n) is 11.2. The van der Waals surface area contributed by atoms with Crippen LogP contribution in [0.2, 0.25) is 0 Å². The van der Waals surface area contributed by atoms with Crippen LogP contribution in [0.3, 0.4) is 0 Å². The maximum Gasteiger partial charge on any atom is 0.272 e. The average Bonchev–Trinajstić information content (AvgIpc) is 2.37. The Balaban J connectivity index is 2.14. The zero-order chi connectivity index (χ0) is 14.0. The molecule has 7 heteroatoms. The van der Waals surface area contributed by atoms with Crippen molar-refractivity contribution in [3.8, 4) is 0 Å². The molecule has 0 bridgehead atoms. The van der Waals surface area contributed by atoms with Crippen LogP contribution >= 0.6 is 0 Å². The van der Waals surface area contributed by atoms with Gasteiger partial charge in [-0.3, -0.25) is 10.2 Å². The smallest absolute Gasteiger partial charge is 0.272 e. The molecule has 0 radical (unpaired) electrons. The number of nitrogens with two attached hydrogens (primary N) is 1. The van der Waals surface area contributed by atoms with Crippen LogP contribution < -0.4 is 11.3 Å². The van der Waals surface area contributed by atoms with Crippen LogP contribution in [0.5, 0.6) is 0 Å². The van der Waals surface area contributed by atoms with E-state index >= 15 is 0 Å². The number of hydrogen-bond acceptors (Lipinski definition) is 6. The third-order valence-electron chi connectivity index (χ3n) is 3.33. The molecule has 1 aliphatic heterocycles. The number of amides is 1. The number of aryl methyl sites for hydroxylation is 1. The highest BCUT2D eigenvalue weighted by molar-refractivity contribution is 5.92. The maximum atomic E-state index is 12.3. The quantitative estimate of drug-likeness (QED) is 0.516. The second-order valence-electron chi connectivity index (χ2n) is 5.15. The summed E-state index contributed by atoms with van der Waals surface area (Å²) in [5.74, 6) is 5.34. The van der Waals surface area contributed by atoms with Crippen LogP contribution in [-0.4, -0.2) is 44.6 Å². The molecule has 1 aliphatic rings. The molecule has 0 unspecified atom stereocenters. The van der Waals surface area contributed by atoms with E-state index < -0.39 is 5.60 Å². The molecule has 19 heavy (non-hydrogen) atoms. The van der Waals surface area contributed by atoms with Crippen molar-refractivity contribution >= 4 is 11.9 Å². The highest BCUT2D eigenvalue weighted by atomic mass is 16.3. The van der Waals surface area contributed by atoms with Gasteiger partial charge in [0.1, 0.15) is 5.69 Å². The molecule has 104 valence electrons. The number of carbonyl (C=O) groups is 1. The number of carbonyl (C=O) groups excluding carboxylic acids is 1. The molecule has 0 spiro atoms. The standard InChI is InChI=1S/C12H19N5O2/c1-8-7-9(15-11(14-8)16-13)10(18)17-5-3-12(2,19)4-6-17/h7,19H,3-6,13H2,1-2H3,(H,14,15,16). The number of piperidine rings is 1. The van der Waals surface area contributed by atoms with Crippen molar-refractivity contribution in [2.75, 3.05) is 18.5 Å². The third kappa shape index (κ3) is 3.18. The molecule has 2 rings (SSSR count). The van der Waals surface area contributed by atoms with Crippen LogP contribution in [0.4, 0.5) is 5.95 Å². The van der Waals surface area contributed by atoms with Gasteiger partial charge in [0.2, 0.25) is 5.95 Å². The Labute approximate surface area is 111 Å². The van der Waals surface area contributed by atoms with Crippen molar-refractivity contribution < 1.29 is 9.90 Å². The van der Waals surface area contributed by atoms with Crippen molar-refractivity contribution in [2.24, 2.45) is 5.84 Å². The molecule has 4 N–H and O–H groups in total. The summed E-state index contributed by atoms with van der Waals surface area (Å²) in [5, 5.41) is 9.88. The van der Waals surface area contributed by atoms with E-state index in [4.69, 9.17) is 5.84 Å². The maximum absolute atomic E-state index is 12.3. The van der Waals surface area contributed by atoms with E-state index in [0.29, 0.717) is 37.3 Å². The summed E-state index contributed by atoms with van der Waals surface area (Å²) in [4.78, 5) is 22.1. The molecule has 0 atom stereocenters. The lowest BCUT2D eigenvalue weighted by Gasteiger charge is -2.35. The predicted molar refractivity (Wildman–Crippen MR) is 70.3 cm³/mol. The third-order valence-corrected chi connectivity index (χ3v) is 3.33. The van der Waals surface area contributed by atoms with Gasteiger partial charge in [-0.15, -0.1) is 0 Å². The largest absolute Gasteiger partial charge is 0.390 e. The minimum absolute atomic E-state index is 0.155. The van der Waals surface area contributed by atoms with Crippen LogP contribution in [0.25, 0.3) is 0 Å². The van der Waals surface area contributed by atoms with Gasteiger partial charge in [0.25, 0.3) is 5.91 Å². The van der Waals surface area contributed by atoms with E-state index in [1.807, 2.05) is 0 Å². The molecule has 2 heterocycles. The van der Waals surface area contributed by atoms with Crippen molar-refractivity contribution in [1.82, 2.24) is 14.9 Å². The second kappa shape index (κ2) is 5.10. The molecule has 0 aromatic carbocycles. The zero-order valence-corrected chi connectivity index (χ0v) is 11.2. The Morgan fingerprint density at radius 1 is 1.47 bits per heavy atom. The van der Waals surface area contributed by atoms with Gasteiger partial charge in [-0.05, 0) is 32.8 Å². The number of rotatable bonds is 2. The van der Waals surface area contributed by atoms with Crippen molar-refractivity contribution in [2.45, 2.75) is 32.3 Å². The summed E-state index contributed by atoms with van der Waals surface area (Å²) in [6, 6.07) is 1.63. The average molecular weight is 265 g/mol. The van der Waals surface area contributed by atoms with Crippen molar-refractivity contribution in [3.63, 3.8) is 0 Å². The molecule has 7 nitrogen and oxygen atoms in total. The number of hydrazine groups is 1. The van der Waals surface area contributed by atoms with Gasteiger partial charge in [-0.25, -0.2) is 15.8 Å². The molecule has 1 aromatic heterocycles. The fourth-order valence-electron chi connectivity index (χ4n) is 2.10. The number of aromatic nitrogens is 2. The van der Waals surface area contributed by atoms with Gasteiger partial charge in [0, 0.05) is 18.8 Å². The monoisotopic (exact) mass is 265 g/mol. The number of nitrogens with zero attached hydrogens (tertiary/aromatic N) is 3. The minimum Gasteiger partial charge on any atom is -0.390 e. The first-order chi connectivity index (χ1) is 8.91. The summed E-state index contributed by atoms with van der Waals surface area (Å²) < 4.78 is 0. The molecule has 1 fully saturated rings. The molecule has 1 saturated heterocycles. The Hall–Kier alpha value is -1.73.